The molecule has 0 spiro atoms. The lowest BCUT2D eigenvalue weighted by Gasteiger charge is -2.15. The molecule has 0 saturated heterocycles. The van der Waals surface area contributed by atoms with E-state index in [-0.39, 0.29) is 0 Å². The van der Waals surface area contributed by atoms with Gasteiger partial charge in [-0.05, 0) is 42.7 Å². The van der Waals surface area contributed by atoms with Crippen molar-refractivity contribution in [2.45, 2.75) is 33.4 Å². The maximum atomic E-state index is 6.19. The fourth-order valence-electron chi connectivity index (χ4n) is 2.28. The molecule has 0 fully saturated rings. The van der Waals surface area contributed by atoms with Gasteiger partial charge in [-0.2, -0.15) is 0 Å². The maximum absolute atomic E-state index is 6.19. The van der Waals surface area contributed by atoms with Crippen LogP contribution in [0.2, 0.25) is 5.02 Å². The number of hydrogen-bond donors (Lipinski definition) is 1. The molecule has 0 atom stereocenters. The molecule has 24 heavy (non-hydrogen) atoms. The van der Waals surface area contributed by atoms with Crippen molar-refractivity contribution >= 4 is 27.5 Å². The number of halogens is 2. The van der Waals surface area contributed by atoms with E-state index in [9.17, 15) is 0 Å². The van der Waals surface area contributed by atoms with Gasteiger partial charge in [0.05, 0.1) is 13.2 Å². The Labute approximate surface area is 157 Å². The van der Waals surface area contributed by atoms with Gasteiger partial charge < -0.3 is 14.8 Å². The second-order valence-electron chi connectivity index (χ2n) is 5.37. The Hall–Kier alpha value is -1.23. The Morgan fingerprint density at radius 2 is 1.71 bits per heavy atom. The van der Waals surface area contributed by atoms with E-state index >= 15 is 0 Å². The van der Waals surface area contributed by atoms with Gasteiger partial charge in [0, 0.05) is 22.6 Å². The Balaban J connectivity index is 2.06. The number of nitrogens with one attached hydrogen (secondary N) is 1. The second-order valence-corrected chi connectivity index (χ2v) is 6.63. The molecule has 0 bridgehead atoms. The summed E-state index contributed by atoms with van der Waals surface area (Å²) in [5.74, 6) is 1.56. The molecule has 2 aromatic rings. The van der Waals surface area contributed by atoms with E-state index in [0.717, 1.165) is 38.5 Å². The van der Waals surface area contributed by atoms with Crippen LogP contribution in [0.4, 0.5) is 0 Å². The monoisotopic (exact) mass is 411 g/mol. The number of ether oxygens (including phenoxy) is 2. The molecule has 0 aliphatic carbocycles. The maximum Gasteiger partial charge on any atom is 0.162 e. The van der Waals surface area contributed by atoms with Crippen molar-refractivity contribution in [2.24, 2.45) is 0 Å². The van der Waals surface area contributed by atoms with E-state index in [1.165, 1.54) is 0 Å². The first kappa shape index (κ1) is 19.1. The number of hydrogen-bond acceptors (Lipinski definition) is 3. The van der Waals surface area contributed by atoms with Gasteiger partial charge in [0.15, 0.2) is 11.5 Å². The molecule has 0 saturated carbocycles. The normalized spacial score (nSPS) is 10.7. The molecule has 3 nitrogen and oxygen atoms in total. The summed E-state index contributed by atoms with van der Waals surface area (Å²) in [4.78, 5) is 0. The lowest BCUT2D eigenvalue weighted by Crippen LogP contribution is -2.13. The van der Waals surface area contributed by atoms with Crippen LogP contribution in [-0.2, 0) is 13.1 Å². The van der Waals surface area contributed by atoms with Crippen LogP contribution < -0.4 is 14.8 Å². The van der Waals surface area contributed by atoms with Gasteiger partial charge in [0.1, 0.15) is 0 Å². The zero-order chi connectivity index (χ0) is 17.4. The first-order valence-corrected chi connectivity index (χ1v) is 9.35. The SMILES string of the molecule is CCCOc1cc(Br)c(CNCc2ccccc2Cl)cc1OCC. The molecule has 1 N–H and O–H groups in total. The zero-order valence-corrected chi connectivity index (χ0v) is 16.4. The minimum Gasteiger partial charge on any atom is -0.490 e. The molecule has 0 radical (unpaired) electrons. The summed E-state index contributed by atoms with van der Waals surface area (Å²) in [5, 5.41) is 4.20. The first-order valence-electron chi connectivity index (χ1n) is 8.17. The van der Waals surface area contributed by atoms with E-state index < -0.39 is 0 Å². The van der Waals surface area contributed by atoms with Crippen LogP contribution in [0, 0.1) is 0 Å². The third-order valence-corrected chi connectivity index (χ3v) is 4.57. The predicted molar refractivity (Wildman–Crippen MR) is 103 cm³/mol. The predicted octanol–water partition coefficient (Wildman–Crippen LogP) is 5.58. The molecular weight excluding hydrogens is 390 g/mol. The van der Waals surface area contributed by atoms with Crippen LogP contribution in [0.5, 0.6) is 11.5 Å². The fourth-order valence-corrected chi connectivity index (χ4v) is 2.94. The lowest BCUT2D eigenvalue weighted by molar-refractivity contribution is 0.276. The van der Waals surface area contributed by atoms with Crippen molar-refractivity contribution in [3.8, 4) is 11.5 Å². The molecule has 2 rings (SSSR count). The molecule has 0 amide bonds. The average Bonchev–Trinajstić information content (AvgIpc) is 2.58. The van der Waals surface area contributed by atoms with Gasteiger partial charge in [-0.3, -0.25) is 0 Å². The Bertz CT molecular complexity index is 664. The summed E-state index contributed by atoms with van der Waals surface area (Å²) in [6, 6.07) is 11.9. The van der Waals surface area contributed by atoms with E-state index in [0.29, 0.717) is 26.3 Å². The highest BCUT2D eigenvalue weighted by Crippen LogP contribution is 2.34. The van der Waals surface area contributed by atoms with Crippen molar-refractivity contribution in [1.82, 2.24) is 5.32 Å². The molecule has 0 unspecified atom stereocenters. The minimum absolute atomic E-state index is 0.608. The summed E-state index contributed by atoms with van der Waals surface area (Å²) in [6.45, 7) is 6.76. The van der Waals surface area contributed by atoms with Gasteiger partial charge >= 0.3 is 0 Å². The van der Waals surface area contributed by atoms with Gasteiger partial charge in [-0.25, -0.2) is 0 Å². The highest BCUT2D eigenvalue weighted by molar-refractivity contribution is 9.10. The summed E-state index contributed by atoms with van der Waals surface area (Å²) < 4.78 is 12.5. The van der Waals surface area contributed by atoms with Crippen LogP contribution in [0.25, 0.3) is 0 Å². The van der Waals surface area contributed by atoms with Crippen molar-refractivity contribution in [2.75, 3.05) is 13.2 Å². The molecule has 130 valence electrons. The molecule has 0 aliphatic rings. The van der Waals surface area contributed by atoms with Crippen LogP contribution >= 0.6 is 27.5 Å². The molecule has 0 aliphatic heterocycles. The van der Waals surface area contributed by atoms with Gasteiger partial charge in [0.25, 0.3) is 0 Å². The largest absolute Gasteiger partial charge is 0.490 e. The molecular formula is C19H23BrClNO2. The first-order chi connectivity index (χ1) is 11.7. The van der Waals surface area contributed by atoms with E-state index in [2.05, 4.69) is 28.2 Å². The third-order valence-electron chi connectivity index (χ3n) is 3.46. The number of rotatable bonds is 9. The second kappa shape index (κ2) is 9.92. The minimum atomic E-state index is 0.608. The molecule has 5 heteroatoms. The van der Waals surface area contributed by atoms with Crippen molar-refractivity contribution < 1.29 is 9.47 Å². The van der Waals surface area contributed by atoms with Crippen molar-refractivity contribution in [1.29, 1.82) is 0 Å². The van der Waals surface area contributed by atoms with E-state index in [1.807, 2.05) is 43.3 Å². The highest BCUT2D eigenvalue weighted by atomic mass is 79.9. The van der Waals surface area contributed by atoms with Crippen LogP contribution in [0.3, 0.4) is 0 Å². The lowest BCUT2D eigenvalue weighted by atomic mass is 10.2. The summed E-state index contributed by atoms with van der Waals surface area (Å²) >= 11 is 9.81. The summed E-state index contributed by atoms with van der Waals surface area (Å²) in [7, 11) is 0. The zero-order valence-electron chi connectivity index (χ0n) is 14.1. The topological polar surface area (TPSA) is 30.5 Å². The standard InChI is InChI=1S/C19H23BrClNO2/c1-3-9-24-19-11-16(20)15(10-18(19)23-4-2)13-22-12-14-7-5-6-8-17(14)21/h5-8,10-11,22H,3-4,9,12-13H2,1-2H3. The summed E-state index contributed by atoms with van der Waals surface area (Å²) in [6.07, 6.45) is 0.963. The van der Waals surface area contributed by atoms with Crippen LogP contribution in [0.15, 0.2) is 40.9 Å². The Kier molecular flexibility index (Phi) is 7.89. The van der Waals surface area contributed by atoms with Gasteiger partial charge in [-0.1, -0.05) is 52.7 Å². The fraction of sp³-hybridized carbons (Fsp3) is 0.368. The van der Waals surface area contributed by atoms with Crippen molar-refractivity contribution in [3.05, 3.63) is 57.0 Å². The van der Waals surface area contributed by atoms with Gasteiger partial charge in [-0.15, -0.1) is 0 Å². The van der Waals surface area contributed by atoms with Crippen LogP contribution in [-0.4, -0.2) is 13.2 Å². The quantitative estimate of drug-likeness (QED) is 0.583. The van der Waals surface area contributed by atoms with E-state index in [1.54, 1.807) is 0 Å². The van der Waals surface area contributed by atoms with Crippen LogP contribution in [0.1, 0.15) is 31.4 Å². The number of benzene rings is 2. The molecule has 0 heterocycles. The molecule has 0 aromatic heterocycles. The van der Waals surface area contributed by atoms with Crippen molar-refractivity contribution in [3.63, 3.8) is 0 Å². The van der Waals surface area contributed by atoms with E-state index in [4.69, 9.17) is 21.1 Å². The molecule has 2 aromatic carbocycles. The third kappa shape index (κ3) is 5.40. The van der Waals surface area contributed by atoms with Gasteiger partial charge in [0.2, 0.25) is 0 Å². The Morgan fingerprint density at radius 1 is 1.00 bits per heavy atom. The highest BCUT2D eigenvalue weighted by Gasteiger charge is 2.11. The Morgan fingerprint density at radius 3 is 2.42 bits per heavy atom. The average molecular weight is 413 g/mol. The smallest absolute Gasteiger partial charge is 0.162 e. The summed E-state index contributed by atoms with van der Waals surface area (Å²) in [5.41, 5.74) is 2.21.